The SMILES string of the molecule is c1ccc(-n2c3ccccc3c3c(-n4c5ccccc5c5cc(-n6c7ccccc7c7ccccc76)ccc54)cccc32)cc1.c1ccc(-n2c3ccccc3c3ccc(-n4c5ccccc5c5c(-n6c7ccccc7c7ccccc76)cccc54)cc32)cc1.c1ccc2c(c1)oc1ccc(-n3c4ccccc4c4c(-n5c6ccccc6c6ccccc65)cccc43)cc12. The average Bonchev–Trinajstić information content (AvgIpc) is 1.56. The van der Waals surface area contributed by atoms with Gasteiger partial charge in [0.1, 0.15) is 11.2 Å². The second kappa shape index (κ2) is 28.6. The van der Waals surface area contributed by atoms with Crippen LogP contribution in [0.2, 0.25) is 0 Å². The van der Waals surface area contributed by atoms with Crippen LogP contribution in [0, 0.1) is 0 Å². The molecule has 0 unspecified atom stereocenters. The Morgan fingerprint density at radius 3 is 0.729 bits per heavy atom. The predicted octanol–water partition coefficient (Wildman–Crippen LogP) is 31.7. The van der Waals surface area contributed by atoms with Crippen LogP contribution >= 0.6 is 0 Å². The number of fused-ring (bicyclic) bond motifs is 27. The fraction of sp³-hybridized carbons (Fsp3) is 0. The molecule has 9 aromatic heterocycles. The lowest BCUT2D eigenvalue weighted by atomic mass is 10.1. The van der Waals surface area contributed by atoms with Crippen LogP contribution in [0.25, 0.3) is 242 Å². The van der Waals surface area contributed by atoms with E-state index in [0.29, 0.717) is 0 Å². The van der Waals surface area contributed by atoms with Gasteiger partial charge in [-0.3, -0.25) is 0 Å². The van der Waals surface area contributed by atoms with Crippen LogP contribution in [0.4, 0.5) is 0 Å². The highest BCUT2D eigenvalue weighted by atomic mass is 16.3. The van der Waals surface area contributed by atoms with Crippen molar-refractivity contribution in [3.63, 3.8) is 0 Å². The van der Waals surface area contributed by atoms with Gasteiger partial charge in [-0.15, -0.1) is 0 Å². The van der Waals surface area contributed by atoms with E-state index in [2.05, 4.69) is 485 Å². The molecule has 0 fully saturated rings. The van der Waals surface area contributed by atoms with E-state index in [0.717, 1.165) is 39.0 Å². The first kappa shape index (κ1) is 72.1. The molecular weight excluding hydrogens is 1570 g/mol. The maximum Gasteiger partial charge on any atom is 0.135 e. The number of benzene rings is 20. The van der Waals surface area contributed by atoms with Gasteiger partial charge in [0.05, 0.1) is 105 Å². The van der Waals surface area contributed by atoms with Crippen LogP contribution in [0.3, 0.4) is 0 Å². The minimum absolute atomic E-state index is 0.909. The van der Waals surface area contributed by atoms with Crippen molar-refractivity contribution in [3.05, 3.63) is 461 Å². The first-order valence-corrected chi connectivity index (χ1v) is 44.2. The summed E-state index contributed by atoms with van der Waals surface area (Å²) in [6.07, 6.45) is 0. The van der Waals surface area contributed by atoms with Gasteiger partial charge >= 0.3 is 0 Å². The Morgan fingerprint density at radius 1 is 0.116 bits per heavy atom. The van der Waals surface area contributed by atoms with Gasteiger partial charge in [-0.1, -0.05) is 279 Å². The highest BCUT2D eigenvalue weighted by molar-refractivity contribution is 6.22. The van der Waals surface area contributed by atoms with Crippen molar-refractivity contribution < 1.29 is 4.42 Å². The van der Waals surface area contributed by atoms with Crippen molar-refractivity contribution >= 4 is 196 Å². The lowest BCUT2D eigenvalue weighted by molar-refractivity contribution is 0.669. The molecule has 0 aliphatic carbocycles. The lowest BCUT2D eigenvalue weighted by Gasteiger charge is -2.12. The fourth-order valence-electron chi connectivity index (χ4n) is 21.7. The number of hydrogen-bond acceptors (Lipinski definition) is 1. The molecule has 602 valence electrons. The maximum absolute atomic E-state index is 6.14. The summed E-state index contributed by atoms with van der Waals surface area (Å²) in [4.78, 5) is 0. The molecule has 0 bridgehead atoms. The Hall–Kier alpha value is -17.4. The molecule has 0 radical (unpaired) electrons. The summed E-state index contributed by atoms with van der Waals surface area (Å²) in [6, 6.07) is 166. The summed E-state index contributed by atoms with van der Waals surface area (Å²) in [7, 11) is 0. The molecule has 0 atom stereocenters. The lowest BCUT2D eigenvalue weighted by Crippen LogP contribution is -1.98. The van der Waals surface area contributed by atoms with E-state index in [1.54, 1.807) is 0 Å². The van der Waals surface area contributed by atoms with Crippen molar-refractivity contribution in [1.29, 1.82) is 0 Å². The number of para-hydroxylation sites is 14. The molecule has 0 saturated carbocycles. The number of rotatable bonds is 8. The van der Waals surface area contributed by atoms with Gasteiger partial charge in [0.15, 0.2) is 0 Å². The topological polar surface area (TPSA) is 52.6 Å². The Kier molecular flexibility index (Phi) is 16.0. The third kappa shape index (κ3) is 10.8. The predicted molar refractivity (Wildman–Crippen MR) is 541 cm³/mol. The molecule has 9 heteroatoms. The zero-order valence-corrected chi connectivity index (χ0v) is 69.9. The number of aromatic nitrogens is 8. The zero-order chi connectivity index (χ0) is 84.5. The van der Waals surface area contributed by atoms with E-state index >= 15 is 0 Å². The molecule has 29 aromatic rings. The van der Waals surface area contributed by atoms with Gasteiger partial charge in [0, 0.05) is 125 Å². The monoisotopic (exact) mass is 1640 g/mol. The minimum atomic E-state index is 0.909. The number of nitrogens with zero attached hydrogens (tertiary/aromatic N) is 8. The molecule has 9 heterocycles. The zero-order valence-electron chi connectivity index (χ0n) is 69.9. The molecule has 0 aliphatic rings. The van der Waals surface area contributed by atoms with Crippen LogP contribution in [-0.2, 0) is 0 Å². The van der Waals surface area contributed by atoms with E-state index in [9.17, 15) is 0 Å². The summed E-state index contributed by atoms with van der Waals surface area (Å²) < 4.78 is 25.5. The van der Waals surface area contributed by atoms with E-state index < -0.39 is 0 Å². The summed E-state index contributed by atoms with van der Waals surface area (Å²) in [5, 5.41) is 22.4. The maximum atomic E-state index is 6.14. The Morgan fingerprint density at radius 2 is 0.349 bits per heavy atom. The van der Waals surface area contributed by atoms with Crippen molar-refractivity contribution in [3.8, 4) is 45.5 Å². The Labute approximate surface area is 738 Å². The van der Waals surface area contributed by atoms with Crippen molar-refractivity contribution in [1.82, 2.24) is 36.5 Å². The normalized spacial score (nSPS) is 12.0. The first-order chi connectivity index (χ1) is 64.1. The average molecular weight is 1650 g/mol. The van der Waals surface area contributed by atoms with Gasteiger partial charge in [-0.25, -0.2) is 0 Å². The molecule has 0 spiro atoms. The molecule has 20 aromatic carbocycles. The van der Waals surface area contributed by atoms with E-state index in [1.165, 1.54) is 203 Å². The van der Waals surface area contributed by atoms with Crippen LogP contribution in [0.1, 0.15) is 0 Å². The quantitative estimate of drug-likeness (QED) is 0.150. The summed E-state index contributed by atoms with van der Waals surface area (Å²) in [6.45, 7) is 0. The molecule has 0 N–H and O–H groups in total. The van der Waals surface area contributed by atoms with Gasteiger partial charge in [-0.2, -0.15) is 0 Å². The van der Waals surface area contributed by atoms with Crippen LogP contribution in [0.5, 0.6) is 0 Å². The van der Waals surface area contributed by atoms with Gasteiger partial charge in [0.2, 0.25) is 0 Å². The van der Waals surface area contributed by atoms with E-state index in [1.807, 2.05) is 12.1 Å². The third-order valence-corrected chi connectivity index (χ3v) is 27.0. The molecule has 0 amide bonds. The summed E-state index contributed by atoms with van der Waals surface area (Å²) in [5.74, 6) is 0. The first-order valence-electron chi connectivity index (χ1n) is 44.2. The van der Waals surface area contributed by atoms with Gasteiger partial charge in [0.25, 0.3) is 0 Å². The highest BCUT2D eigenvalue weighted by Gasteiger charge is 2.26. The molecule has 9 nitrogen and oxygen atoms in total. The largest absolute Gasteiger partial charge is 0.456 e. The third-order valence-electron chi connectivity index (χ3n) is 27.0. The van der Waals surface area contributed by atoms with Gasteiger partial charge < -0.3 is 41.0 Å². The minimum Gasteiger partial charge on any atom is -0.456 e. The van der Waals surface area contributed by atoms with Crippen LogP contribution in [-0.4, -0.2) is 36.5 Å². The van der Waals surface area contributed by atoms with Crippen molar-refractivity contribution in [2.45, 2.75) is 0 Å². The second-order valence-corrected chi connectivity index (χ2v) is 33.7. The second-order valence-electron chi connectivity index (χ2n) is 33.7. The summed E-state index contributed by atoms with van der Waals surface area (Å²) >= 11 is 0. The van der Waals surface area contributed by atoms with Crippen LogP contribution < -0.4 is 0 Å². The molecular formula is C120H76N8O. The molecule has 0 saturated heterocycles. The van der Waals surface area contributed by atoms with Crippen molar-refractivity contribution in [2.24, 2.45) is 0 Å². The van der Waals surface area contributed by atoms with E-state index in [-0.39, 0.29) is 0 Å². The Bertz CT molecular complexity index is 9510. The van der Waals surface area contributed by atoms with Gasteiger partial charge in [-0.05, 0) is 182 Å². The number of furan rings is 1. The number of hydrogen-bond donors (Lipinski definition) is 0. The summed E-state index contributed by atoms with van der Waals surface area (Å²) in [5.41, 5.74) is 30.5. The molecule has 0 aliphatic heterocycles. The standard InChI is InChI=1S/2C42H27N3.C36H22N2O/c1-2-13-28(14-3-1)43-35-19-8-4-17-32(35)33-26-25-29(27-41(33)43)44-38-22-11-7-18-34(38)42-39(44)23-12-24-40(42)45-36-20-9-5-15-30(36)31-16-6-10-21-37(31)45;1-2-13-28(14-3-1)43-38-22-11-7-18-33(38)42-40(43)23-12-24-41(42)45-37-21-10-6-17-32(37)34-27-29(25-26-39(34)45)44-35-19-8-4-15-30(35)31-16-5-9-20-36(31)44;1-5-14-29-24(10-1)25-11-2-6-15-30(25)38(29)33-18-9-17-32-36(33)27-13-3-7-16-31(27)37(32)23-20-21-35-28(22-23)26-12-4-8-19-34(26)39-35/h2*1-27H;1-22H. The fourth-order valence-corrected chi connectivity index (χ4v) is 21.7. The van der Waals surface area contributed by atoms with Crippen LogP contribution in [0.15, 0.2) is 465 Å². The van der Waals surface area contributed by atoms with E-state index in [4.69, 9.17) is 4.42 Å². The van der Waals surface area contributed by atoms with Crippen molar-refractivity contribution in [2.75, 3.05) is 0 Å². The molecule has 129 heavy (non-hydrogen) atoms. The smallest absolute Gasteiger partial charge is 0.135 e. The highest BCUT2D eigenvalue weighted by Crippen LogP contribution is 2.47. The molecule has 29 rings (SSSR count). The Balaban J connectivity index is 0.000000100.